The second-order valence-corrected chi connectivity index (χ2v) is 8.21. The lowest BCUT2D eigenvalue weighted by molar-refractivity contribution is 0.391. The largest absolute Gasteiger partial charge is 0.497 e. The van der Waals surface area contributed by atoms with Crippen LogP contribution < -0.4 is 13.8 Å². The van der Waals surface area contributed by atoms with Gasteiger partial charge < -0.3 is 9.47 Å². The van der Waals surface area contributed by atoms with Gasteiger partial charge in [0, 0.05) is 23.9 Å². The van der Waals surface area contributed by atoms with Gasteiger partial charge in [-0.2, -0.15) is 5.10 Å². The molecule has 0 unspecified atom stereocenters. The molecule has 0 aliphatic carbocycles. The Kier molecular flexibility index (Phi) is 6.37. The highest BCUT2D eigenvalue weighted by Crippen LogP contribution is 2.32. The Morgan fingerprint density at radius 1 is 1.07 bits per heavy atom. The van der Waals surface area contributed by atoms with Crippen molar-refractivity contribution in [1.29, 1.82) is 0 Å². The van der Waals surface area contributed by atoms with Gasteiger partial charge in [-0.25, -0.2) is 21.5 Å². The standard InChI is InChI=1S/C19H16ClF2N3O4S/c1-28-13-6-5-12(17(8-13)29-2)11-25(19-4-3-7-23-24-19)30(26,27)18-9-14(20)15(21)10-16(18)22/h3-10H,11H2,1-2H3. The van der Waals surface area contributed by atoms with Crippen molar-refractivity contribution in [2.45, 2.75) is 11.4 Å². The van der Waals surface area contributed by atoms with Crippen molar-refractivity contribution in [2.75, 3.05) is 18.5 Å². The van der Waals surface area contributed by atoms with E-state index in [1.807, 2.05) is 0 Å². The molecule has 0 aliphatic rings. The minimum atomic E-state index is -4.54. The summed E-state index contributed by atoms with van der Waals surface area (Å²) in [6.45, 7) is -0.275. The Morgan fingerprint density at radius 3 is 2.47 bits per heavy atom. The van der Waals surface area contributed by atoms with Gasteiger partial charge in [0.25, 0.3) is 10.0 Å². The maximum atomic E-state index is 14.4. The SMILES string of the molecule is COc1ccc(CN(c2cccnn2)S(=O)(=O)c2cc(Cl)c(F)cc2F)c(OC)c1. The van der Waals surface area contributed by atoms with Crippen LogP contribution in [0, 0.1) is 11.6 Å². The number of halogens is 3. The van der Waals surface area contributed by atoms with E-state index in [0.29, 0.717) is 23.1 Å². The third-order valence-corrected chi connectivity index (χ3v) is 6.22. The van der Waals surface area contributed by atoms with E-state index in [9.17, 15) is 17.2 Å². The summed E-state index contributed by atoms with van der Waals surface area (Å²) in [7, 11) is -1.65. The Labute approximate surface area is 176 Å². The van der Waals surface area contributed by atoms with Crippen molar-refractivity contribution >= 4 is 27.4 Å². The Balaban J connectivity index is 2.14. The quantitative estimate of drug-likeness (QED) is 0.504. The van der Waals surface area contributed by atoms with E-state index in [-0.39, 0.29) is 12.4 Å². The molecular formula is C19H16ClF2N3O4S. The molecule has 1 aromatic heterocycles. The molecule has 0 saturated heterocycles. The average molecular weight is 456 g/mol. The highest BCUT2D eigenvalue weighted by atomic mass is 35.5. The van der Waals surface area contributed by atoms with Crippen molar-refractivity contribution in [3.63, 3.8) is 0 Å². The number of benzene rings is 2. The number of nitrogens with zero attached hydrogens (tertiary/aromatic N) is 3. The first-order chi connectivity index (χ1) is 14.3. The number of ether oxygens (including phenoxy) is 2. The molecule has 0 atom stereocenters. The lowest BCUT2D eigenvalue weighted by Crippen LogP contribution is -2.32. The molecule has 2 aromatic carbocycles. The summed E-state index contributed by atoms with van der Waals surface area (Å²) in [6.07, 6.45) is 1.36. The van der Waals surface area contributed by atoms with Gasteiger partial charge in [0.1, 0.15) is 28.0 Å². The fourth-order valence-electron chi connectivity index (χ4n) is 2.67. The molecule has 3 aromatic rings. The second-order valence-electron chi connectivity index (χ2n) is 5.97. The highest BCUT2D eigenvalue weighted by Gasteiger charge is 2.31. The number of sulfonamides is 1. The molecule has 0 aliphatic heterocycles. The van der Waals surface area contributed by atoms with E-state index in [1.54, 1.807) is 18.2 Å². The van der Waals surface area contributed by atoms with Crippen LogP contribution in [0.3, 0.4) is 0 Å². The van der Waals surface area contributed by atoms with E-state index >= 15 is 0 Å². The average Bonchev–Trinajstić information content (AvgIpc) is 2.74. The molecule has 1 heterocycles. The predicted octanol–water partition coefficient (Wildman–Crippen LogP) is 3.82. The number of anilines is 1. The van der Waals surface area contributed by atoms with Gasteiger partial charge in [0.15, 0.2) is 5.82 Å². The van der Waals surface area contributed by atoms with Gasteiger partial charge in [-0.1, -0.05) is 11.6 Å². The van der Waals surface area contributed by atoms with Crippen molar-refractivity contribution in [1.82, 2.24) is 10.2 Å². The van der Waals surface area contributed by atoms with Crippen LogP contribution in [0.2, 0.25) is 5.02 Å². The Morgan fingerprint density at radius 2 is 1.83 bits per heavy atom. The zero-order valence-corrected chi connectivity index (χ0v) is 17.4. The topological polar surface area (TPSA) is 81.6 Å². The molecule has 0 spiro atoms. The monoisotopic (exact) mass is 455 g/mol. The minimum Gasteiger partial charge on any atom is -0.497 e. The lowest BCUT2D eigenvalue weighted by Gasteiger charge is -2.24. The van der Waals surface area contributed by atoms with Crippen LogP contribution in [-0.2, 0) is 16.6 Å². The summed E-state index contributed by atoms with van der Waals surface area (Å²) in [6, 6.07) is 8.80. The number of rotatable bonds is 7. The first kappa shape index (κ1) is 21.7. The van der Waals surface area contributed by atoms with E-state index in [2.05, 4.69) is 10.2 Å². The van der Waals surface area contributed by atoms with Crippen molar-refractivity contribution < 1.29 is 26.7 Å². The van der Waals surface area contributed by atoms with Crippen LogP contribution in [0.15, 0.2) is 53.6 Å². The van der Waals surface area contributed by atoms with Crippen LogP contribution in [-0.4, -0.2) is 32.8 Å². The van der Waals surface area contributed by atoms with Gasteiger partial charge in [0.2, 0.25) is 0 Å². The fraction of sp³-hybridized carbons (Fsp3) is 0.158. The minimum absolute atomic E-state index is 0.0739. The molecular weight excluding hydrogens is 440 g/mol. The Hall–Kier alpha value is -2.98. The van der Waals surface area contributed by atoms with E-state index in [1.165, 1.54) is 32.5 Å². The zero-order valence-electron chi connectivity index (χ0n) is 15.8. The van der Waals surface area contributed by atoms with E-state index < -0.39 is 31.6 Å². The van der Waals surface area contributed by atoms with Crippen LogP contribution in [0.5, 0.6) is 11.5 Å². The fourth-order valence-corrected chi connectivity index (χ4v) is 4.36. The zero-order chi connectivity index (χ0) is 21.9. The molecule has 0 N–H and O–H groups in total. The van der Waals surface area contributed by atoms with Crippen LogP contribution in [0.25, 0.3) is 0 Å². The molecule has 0 bridgehead atoms. The summed E-state index contributed by atoms with van der Waals surface area (Å²) >= 11 is 5.70. The van der Waals surface area contributed by atoms with Crippen molar-refractivity contribution in [3.05, 3.63) is 70.9 Å². The van der Waals surface area contributed by atoms with Gasteiger partial charge in [-0.05, 0) is 30.3 Å². The molecule has 0 fully saturated rings. The molecule has 11 heteroatoms. The Bertz CT molecular complexity index is 1160. The van der Waals surface area contributed by atoms with Gasteiger partial charge in [0.05, 0.1) is 25.8 Å². The third-order valence-electron chi connectivity index (χ3n) is 4.16. The van der Waals surface area contributed by atoms with Crippen LogP contribution >= 0.6 is 11.6 Å². The summed E-state index contributed by atoms with van der Waals surface area (Å²) in [4.78, 5) is -0.799. The van der Waals surface area contributed by atoms with E-state index in [4.69, 9.17) is 21.1 Å². The summed E-state index contributed by atoms with van der Waals surface area (Å²) < 4.78 is 65.9. The maximum absolute atomic E-state index is 14.4. The maximum Gasteiger partial charge on any atom is 0.268 e. The second kappa shape index (κ2) is 8.80. The summed E-state index contributed by atoms with van der Waals surface area (Å²) in [5.41, 5.74) is 0.446. The van der Waals surface area contributed by atoms with Gasteiger partial charge in [-0.3, -0.25) is 0 Å². The molecule has 158 valence electrons. The third kappa shape index (κ3) is 4.29. The predicted molar refractivity (Wildman–Crippen MR) is 106 cm³/mol. The summed E-state index contributed by atoms with van der Waals surface area (Å²) in [5, 5.41) is 6.99. The number of hydrogen-bond acceptors (Lipinski definition) is 6. The molecule has 30 heavy (non-hydrogen) atoms. The van der Waals surface area contributed by atoms with Crippen molar-refractivity contribution in [3.8, 4) is 11.5 Å². The smallest absolute Gasteiger partial charge is 0.268 e. The van der Waals surface area contributed by atoms with Gasteiger partial charge >= 0.3 is 0 Å². The molecule has 0 saturated carbocycles. The first-order valence-corrected chi connectivity index (χ1v) is 10.3. The van der Waals surface area contributed by atoms with Gasteiger partial charge in [-0.15, -0.1) is 5.10 Å². The lowest BCUT2D eigenvalue weighted by atomic mass is 10.2. The molecule has 0 radical (unpaired) electrons. The molecule has 7 nitrogen and oxygen atoms in total. The van der Waals surface area contributed by atoms with E-state index in [0.717, 1.165) is 10.4 Å². The summed E-state index contributed by atoms with van der Waals surface area (Å²) in [5.74, 6) is -1.59. The van der Waals surface area contributed by atoms with Crippen LogP contribution in [0.1, 0.15) is 5.56 Å². The number of hydrogen-bond donors (Lipinski definition) is 0. The molecule has 3 rings (SSSR count). The normalized spacial score (nSPS) is 11.2. The first-order valence-electron chi connectivity index (χ1n) is 8.43. The number of methoxy groups -OCH3 is 2. The highest BCUT2D eigenvalue weighted by molar-refractivity contribution is 7.92. The molecule has 0 amide bonds. The van der Waals surface area contributed by atoms with Crippen molar-refractivity contribution in [2.24, 2.45) is 0 Å². The van der Waals surface area contributed by atoms with Crippen LogP contribution in [0.4, 0.5) is 14.6 Å². The number of aromatic nitrogens is 2.